The van der Waals surface area contributed by atoms with Crippen molar-refractivity contribution in [3.8, 4) is 0 Å². The van der Waals surface area contributed by atoms with Crippen LogP contribution in [-0.2, 0) is 14.3 Å². The molecular formula is C23H36N6O5. The second-order valence-corrected chi connectivity index (χ2v) is 8.46. The lowest BCUT2D eigenvalue weighted by atomic mass is 10.2. The molecule has 0 saturated carbocycles. The molecule has 0 bridgehead atoms. The second-order valence-electron chi connectivity index (χ2n) is 8.46. The molecule has 0 N–H and O–H groups in total. The molecule has 3 amide bonds. The molecule has 3 rings (SSSR count). The average molecular weight is 477 g/mol. The molecule has 2 aliphatic heterocycles. The lowest BCUT2D eigenvalue weighted by Crippen LogP contribution is -2.51. The highest BCUT2D eigenvalue weighted by Gasteiger charge is 2.26. The molecule has 11 heteroatoms. The molecule has 188 valence electrons. The van der Waals surface area contributed by atoms with Gasteiger partial charge in [0.05, 0.1) is 31.7 Å². The zero-order chi connectivity index (χ0) is 24.3. The van der Waals surface area contributed by atoms with Gasteiger partial charge in [0.1, 0.15) is 5.69 Å². The number of nitrogens with zero attached hydrogens (tertiary/aromatic N) is 6. The zero-order valence-electron chi connectivity index (χ0n) is 20.3. The van der Waals surface area contributed by atoms with Crippen LogP contribution in [0, 0.1) is 6.92 Å². The molecule has 2 fully saturated rings. The summed E-state index contributed by atoms with van der Waals surface area (Å²) in [6, 6.07) is 0. The Morgan fingerprint density at radius 1 is 1.00 bits per heavy atom. The standard InChI is InChI=1S/C23H36N6O5/c1-3-34-23(32)29-11-9-27(10-12-29)21(30)5-8-28(7-4-6-26-13-15-33-16-14-26)22(31)20-18-24-19(2)17-25-20/h17-18H,3-16H2,1-2H3. The van der Waals surface area contributed by atoms with Gasteiger partial charge in [-0.25, -0.2) is 9.78 Å². The van der Waals surface area contributed by atoms with E-state index in [1.54, 1.807) is 27.8 Å². The highest BCUT2D eigenvalue weighted by Crippen LogP contribution is 2.09. The number of carbonyl (C=O) groups is 3. The van der Waals surface area contributed by atoms with E-state index in [0.717, 1.165) is 45.0 Å². The zero-order valence-corrected chi connectivity index (χ0v) is 20.3. The Kier molecular flexibility index (Phi) is 10.0. The molecule has 0 atom stereocenters. The predicted molar refractivity (Wildman–Crippen MR) is 124 cm³/mol. The first kappa shape index (κ1) is 25.8. The smallest absolute Gasteiger partial charge is 0.409 e. The van der Waals surface area contributed by atoms with Gasteiger partial charge in [0.25, 0.3) is 5.91 Å². The Bertz CT molecular complexity index is 807. The van der Waals surface area contributed by atoms with E-state index < -0.39 is 0 Å². The first-order valence-electron chi connectivity index (χ1n) is 12.1. The molecule has 1 aromatic rings. The van der Waals surface area contributed by atoms with Crippen LogP contribution in [0.25, 0.3) is 0 Å². The first-order valence-corrected chi connectivity index (χ1v) is 12.1. The first-order chi connectivity index (χ1) is 16.5. The Labute approximate surface area is 201 Å². The van der Waals surface area contributed by atoms with E-state index in [1.807, 2.05) is 6.92 Å². The average Bonchev–Trinajstić information content (AvgIpc) is 2.87. The lowest BCUT2D eigenvalue weighted by Gasteiger charge is -2.34. The number of carbonyl (C=O) groups excluding carboxylic acids is 3. The molecule has 2 aliphatic rings. The van der Waals surface area contributed by atoms with E-state index in [2.05, 4.69) is 14.9 Å². The fraction of sp³-hybridized carbons (Fsp3) is 0.696. The van der Waals surface area contributed by atoms with Gasteiger partial charge in [0.2, 0.25) is 5.91 Å². The van der Waals surface area contributed by atoms with Crippen molar-refractivity contribution in [2.75, 3.05) is 78.7 Å². The quantitative estimate of drug-likeness (QED) is 0.511. The second kappa shape index (κ2) is 13.2. The highest BCUT2D eigenvalue weighted by atomic mass is 16.6. The molecule has 1 aromatic heterocycles. The molecule has 34 heavy (non-hydrogen) atoms. The summed E-state index contributed by atoms with van der Waals surface area (Å²) in [4.78, 5) is 53.6. The van der Waals surface area contributed by atoms with E-state index in [-0.39, 0.29) is 30.0 Å². The molecule has 0 aliphatic carbocycles. The number of rotatable bonds is 9. The maximum absolute atomic E-state index is 13.1. The Hall–Kier alpha value is -2.79. The minimum Gasteiger partial charge on any atom is -0.450 e. The van der Waals surface area contributed by atoms with E-state index in [0.29, 0.717) is 45.9 Å². The summed E-state index contributed by atoms with van der Waals surface area (Å²) >= 11 is 0. The van der Waals surface area contributed by atoms with Gasteiger partial charge < -0.3 is 24.2 Å². The summed E-state index contributed by atoms with van der Waals surface area (Å²) in [5, 5.41) is 0. The number of morpholine rings is 1. The Morgan fingerprint density at radius 3 is 2.35 bits per heavy atom. The molecule has 3 heterocycles. The van der Waals surface area contributed by atoms with E-state index in [1.165, 1.54) is 6.20 Å². The largest absolute Gasteiger partial charge is 0.450 e. The summed E-state index contributed by atoms with van der Waals surface area (Å²) in [7, 11) is 0. The highest BCUT2D eigenvalue weighted by molar-refractivity contribution is 5.92. The number of amides is 3. The van der Waals surface area contributed by atoms with Crippen molar-refractivity contribution in [2.24, 2.45) is 0 Å². The molecule has 2 saturated heterocycles. The number of aromatic nitrogens is 2. The molecule has 0 aromatic carbocycles. The third-order valence-corrected chi connectivity index (χ3v) is 6.05. The van der Waals surface area contributed by atoms with E-state index in [4.69, 9.17) is 9.47 Å². The number of ether oxygens (including phenoxy) is 2. The van der Waals surface area contributed by atoms with Gasteiger partial charge >= 0.3 is 6.09 Å². The third-order valence-electron chi connectivity index (χ3n) is 6.05. The van der Waals surface area contributed by atoms with Gasteiger partial charge in [-0.2, -0.15) is 0 Å². The summed E-state index contributed by atoms with van der Waals surface area (Å²) in [5.74, 6) is -0.237. The van der Waals surface area contributed by atoms with Crippen LogP contribution in [-0.4, -0.2) is 126 Å². The minimum absolute atomic E-state index is 0.0236. The molecule has 0 spiro atoms. The topological polar surface area (TPSA) is 108 Å². The van der Waals surface area contributed by atoms with Crippen LogP contribution in [0.3, 0.4) is 0 Å². The number of hydrogen-bond acceptors (Lipinski definition) is 8. The van der Waals surface area contributed by atoms with Crippen molar-refractivity contribution in [3.05, 3.63) is 23.8 Å². The van der Waals surface area contributed by atoms with Gasteiger partial charge in [0.15, 0.2) is 0 Å². The van der Waals surface area contributed by atoms with Crippen molar-refractivity contribution in [1.29, 1.82) is 0 Å². The summed E-state index contributed by atoms with van der Waals surface area (Å²) < 4.78 is 10.4. The summed E-state index contributed by atoms with van der Waals surface area (Å²) in [6.45, 7) is 10.7. The number of piperazine rings is 1. The van der Waals surface area contributed by atoms with Crippen molar-refractivity contribution in [1.82, 2.24) is 29.6 Å². The minimum atomic E-state index is -0.342. The van der Waals surface area contributed by atoms with Gasteiger partial charge in [-0.05, 0) is 20.3 Å². The Morgan fingerprint density at radius 2 is 1.71 bits per heavy atom. The number of hydrogen-bond donors (Lipinski definition) is 0. The van der Waals surface area contributed by atoms with Crippen molar-refractivity contribution in [3.63, 3.8) is 0 Å². The fourth-order valence-electron chi connectivity index (χ4n) is 4.03. The van der Waals surface area contributed by atoms with Crippen LogP contribution in [0.15, 0.2) is 12.4 Å². The molecule has 0 radical (unpaired) electrons. The molecule has 11 nitrogen and oxygen atoms in total. The summed E-state index contributed by atoms with van der Waals surface area (Å²) in [5.41, 5.74) is 1.03. The SMILES string of the molecule is CCOC(=O)N1CCN(C(=O)CCN(CCCN2CCOCC2)C(=O)c2cnc(C)cn2)CC1. The van der Waals surface area contributed by atoms with Crippen LogP contribution >= 0.6 is 0 Å². The Balaban J connectivity index is 1.52. The van der Waals surface area contributed by atoms with Crippen LogP contribution in [0.4, 0.5) is 4.79 Å². The van der Waals surface area contributed by atoms with Gasteiger partial charge in [-0.3, -0.25) is 19.5 Å². The van der Waals surface area contributed by atoms with Gasteiger partial charge in [-0.15, -0.1) is 0 Å². The van der Waals surface area contributed by atoms with Crippen molar-refractivity contribution in [2.45, 2.75) is 26.7 Å². The third kappa shape index (κ3) is 7.63. The van der Waals surface area contributed by atoms with E-state index in [9.17, 15) is 14.4 Å². The lowest BCUT2D eigenvalue weighted by molar-refractivity contribution is -0.133. The van der Waals surface area contributed by atoms with Gasteiger partial charge in [0, 0.05) is 71.5 Å². The molecular weight excluding hydrogens is 440 g/mol. The van der Waals surface area contributed by atoms with Crippen molar-refractivity contribution >= 4 is 17.9 Å². The van der Waals surface area contributed by atoms with Crippen LogP contribution in [0.5, 0.6) is 0 Å². The van der Waals surface area contributed by atoms with Crippen molar-refractivity contribution < 1.29 is 23.9 Å². The molecule has 0 unspecified atom stereocenters. The predicted octanol–water partition coefficient (Wildman–Crippen LogP) is 0.640. The maximum Gasteiger partial charge on any atom is 0.409 e. The maximum atomic E-state index is 13.1. The summed E-state index contributed by atoms with van der Waals surface area (Å²) in [6.07, 6.45) is 3.75. The van der Waals surface area contributed by atoms with E-state index >= 15 is 0 Å². The van der Waals surface area contributed by atoms with Gasteiger partial charge in [-0.1, -0.05) is 0 Å². The van der Waals surface area contributed by atoms with Crippen LogP contribution in [0.1, 0.15) is 35.9 Å². The normalized spacial score (nSPS) is 16.9. The van der Waals surface area contributed by atoms with Crippen LogP contribution in [0.2, 0.25) is 0 Å². The number of aryl methyl sites for hydroxylation is 1. The fourth-order valence-corrected chi connectivity index (χ4v) is 4.03. The monoisotopic (exact) mass is 476 g/mol. The van der Waals surface area contributed by atoms with Crippen LogP contribution < -0.4 is 0 Å².